The van der Waals surface area contributed by atoms with E-state index in [0.717, 1.165) is 24.5 Å². The molecule has 26 heavy (non-hydrogen) atoms. The first kappa shape index (κ1) is 19.5. The summed E-state index contributed by atoms with van der Waals surface area (Å²) in [4.78, 5) is 18.9. The van der Waals surface area contributed by atoms with Crippen LogP contribution < -0.4 is 10.2 Å². The molecule has 0 bridgehead atoms. The molecule has 1 amide bonds. The number of hydrogen-bond acceptors (Lipinski definition) is 3. The van der Waals surface area contributed by atoms with E-state index in [-0.39, 0.29) is 11.3 Å². The van der Waals surface area contributed by atoms with Crippen LogP contribution >= 0.6 is 0 Å². The van der Waals surface area contributed by atoms with Crippen LogP contribution in [0.2, 0.25) is 0 Å². The zero-order valence-electron chi connectivity index (χ0n) is 16.3. The molecule has 0 spiro atoms. The summed E-state index contributed by atoms with van der Waals surface area (Å²) in [5.74, 6) is 5.99. The van der Waals surface area contributed by atoms with Gasteiger partial charge in [-0.25, -0.2) is 4.98 Å². The average Bonchev–Trinajstić information content (AvgIpc) is 2.62. The molecular formula is C22H27N3O. The highest BCUT2D eigenvalue weighted by atomic mass is 16.1. The zero-order chi connectivity index (χ0) is 19.2. The van der Waals surface area contributed by atoms with Gasteiger partial charge in [-0.2, -0.15) is 0 Å². The lowest BCUT2D eigenvalue weighted by molar-refractivity contribution is 0.102. The van der Waals surface area contributed by atoms with Gasteiger partial charge >= 0.3 is 0 Å². The molecule has 0 aliphatic carbocycles. The van der Waals surface area contributed by atoms with Crippen LogP contribution in [0.25, 0.3) is 0 Å². The van der Waals surface area contributed by atoms with Crippen molar-refractivity contribution in [2.75, 3.05) is 23.3 Å². The van der Waals surface area contributed by atoms with Crippen molar-refractivity contribution in [2.24, 2.45) is 5.41 Å². The minimum atomic E-state index is -0.177. The minimum Gasteiger partial charge on any atom is -0.372 e. The van der Waals surface area contributed by atoms with Crippen LogP contribution in [0.5, 0.6) is 0 Å². The third-order valence-electron chi connectivity index (χ3n) is 3.85. The number of aromatic nitrogens is 1. The van der Waals surface area contributed by atoms with E-state index in [0.29, 0.717) is 11.3 Å². The predicted octanol–water partition coefficient (Wildman–Crippen LogP) is 4.58. The van der Waals surface area contributed by atoms with Gasteiger partial charge in [-0.15, -0.1) is 0 Å². The summed E-state index contributed by atoms with van der Waals surface area (Å²) in [5, 5.41) is 2.90. The van der Waals surface area contributed by atoms with E-state index < -0.39 is 0 Å². The second-order valence-electron chi connectivity index (χ2n) is 7.11. The molecule has 0 atom stereocenters. The highest BCUT2D eigenvalue weighted by Gasteiger charge is 2.08. The maximum atomic E-state index is 12.4. The Hall–Kier alpha value is -2.80. The van der Waals surface area contributed by atoms with Gasteiger partial charge in [-0.05, 0) is 76.9 Å². The standard InChI is InChI=1S/C22H27N3O/c1-6-25(7-2)20-12-10-19(11-13-20)24-21(26)17-8-9-18(23-16-17)14-15-22(3,4)5/h8-13,16H,6-7H2,1-5H3,(H,24,26). The summed E-state index contributed by atoms with van der Waals surface area (Å²) in [7, 11) is 0. The summed E-state index contributed by atoms with van der Waals surface area (Å²) in [6, 6.07) is 11.4. The fourth-order valence-electron chi connectivity index (χ4n) is 2.40. The first-order valence-corrected chi connectivity index (χ1v) is 8.98. The number of nitrogens with zero attached hydrogens (tertiary/aromatic N) is 2. The molecule has 0 aliphatic rings. The summed E-state index contributed by atoms with van der Waals surface area (Å²) in [6.45, 7) is 12.3. The SMILES string of the molecule is CCN(CC)c1ccc(NC(=O)c2ccc(C#CC(C)(C)C)nc2)cc1. The van der Waals surface area contributed by atoms with Crippen LogP contribution in [-0.4, -0.2) is 24.0 Å². The Bertz CT molecular complexity index is 787. The van der Waals surface area contributed by atoms with E-state index in [1.165, 1.54) is 0 Å². The highest BCUT2D eigenvalue weighted by molar-refractivity contribution is 6.04. The van der Waals surface area contributed by atoms with Crippen molar-refractivity contribution >= 4 is 17.3 Å². The molecule has 4 heteroatoms. The molecule has 0 saturated carbocycles. The van der Waals surface area contributed by atoms with Crippen molar-refractivity contribution in [1.29, 1.82) is 0 Å². The molecule has 0 aliphatic heterocycles. The monoisotopic (exact) mass is 349 g/mol. The Labute approximate surface area is 156 Å². The number of amides is 1. The highest BCUT2D eigenvalue weighted by Crippen LogP contribution is 2.18. The summed E-state index contributed by atoms with van der Waals surface area (Å²) >= 11 is 0. The van der Waals surface area contributed by atoms with E-state index in [2.05, 4.69) is 40.9 Å². The van der Waals surface area contributed by atoms with Crippen molar-refractivity contribution in [1.82, 2.24) is 4.98 Å². The van der Waals surface area contributed by atoms with Gasteiger partial charge in [0.15, 0.2) is 0 Å². The predicted molar refractivity (Wildman–Crippen MR) is 109 cm³/mol. The normalized spacial score (nSPS) is 10.7. The number of rotatable bonds is 5. The Morgan fingerprint density at radius 3 is 2.23 bits per heavy atom. The second-order valence-corrected chi connectivity index (χ2v) is 7.11. The number of anilines is 2. The number of pyridine rings is 1. The van der Waals surface area contributed by atoms with Crippen molar-refractivity contribution in [2.45, 2.75) is 34.6 Å². The van der Waals surface area contributed by atoms with Crippen LogP contribution in [0, 0.1) is 17.3 Å². The molecule has 136 valence electrons. The van der Waals surface area contributed by atoms with E-state index in [4.69, 9.17) is 0 Å². The van der Waals surface area contributed by atoms with Crippen molar-refractivity contribution < 1.29 is 4.79 Å². The summed E-state index contributed by atoms with van der Waals surface area (Å²) < 4.78 is 0. The largest absolute Gasteiger partial charge is 0.372 e. The Morgan fingerprint density at radius 1 is 1.08 bits per heavy atom. The summed E-state index contributed by atoms with van der Waals surface area (Å²) in [5.41, 5.74) is 3.02. The lowest BCUT2D eigenvalue weighted by atomic mass is 9.98. The number of hydrogen-bond donors (Lipinski definition) is 1. The summed E-state index contributed by atoms with van der Waals surface area (Å²) in [6.07, 6.45) is 1.56. The van der Waals surface area contributed by atoms with Gasteiger partial charge in [-0.3, -0.25) is 4.79 Å². The first-order chi connectivity index (χ1) is 12.3. The molecule has 1 aromatic carbocycles. The quantitative estimate of drug-likeness (QED) is 0.804. The number of nitrogens with one attached hydrogen (secondary N) is 1. The van der Waals surface area contributed by atoms with Crippen LogP contribution in [0.1, 0.15) is 50.7 Å². The molecule has 0 radical (unpaired) electrons. The van der Waals surface area contributed by atoms with Crippen LogP contribution in [0.3, 0.4) is 0 Å². The molecule has 2 aromatic rings. The Balaban J connectivity index is 2.04. The topological polar surface area (TPSA) is 45.2 Å². The Morgan fingerprint density at radius 2 is 1.73 bits per heavy atom. The molecule has 2 rings (SSSR count). The molecule has 4 nitrogen and oxygen atoms in total. The van der Waals surface area contributed by atoms with Gasteiger partial charge in [0.1, 0.15) is 5.69 Å². The average molecular weight is 349 g/mol. The molecular weight excluding hydrogens is 322 g/mol. The van der Waals surface area contributed by atoms with Crippen LogP contribution in [-0.2, 0) is 0 Å². The maximum Gasteiger partial charge on any atom is 0.257 e. The second kappa shape index (κ2) is 8.53. The van der Waals surface area contributed by atoms with Gasteiger partial charge < -0.3 is 10.2 Å². The van der Waals surface area contributed by atoms with E-state index in [1.807, 2.05) is 45.0 Å². The van der Waals surface area contributed by atoms with Gasteiger partial charge in [0.2, 0.25) is 0 Å². The molecule has 1 heterocycles. The molecule has 1 N–H and O–H groups in total. The smallest absolute Gasteiger partial charge is 0.257 e. The van der Waals surface area contributed by atoms with E-state index in [9.17, 15) is 4.79 Å². The number of benzene rings is 1. The van der Waals surface area contributed by atoms with E-state index >= 15 is 0 Å². The van der Waals surface area contributed by atoms with Gasteiger partial charge in [0, 0.05) is 36.1 Å². The lowest BCUT2D eigenvalue weighted by Crippen LogP contribution is -2.21. The van der Waals surface area contributed by atoms with E-state index in [1.54, 1.807) is 18.3 Å². The third kappa shape index (κ3) is 5.63. The van der Waals surface area contributed by atoms with Crippen molar-refractivity contribution in [3.05, 3.63) is 53.9 Å². The van der Waals surface area contributed by atoms with Crippen molar-refractivity contribution in [3.63, 3.8) is 0 Å². The van der Waals surface area contributed by atoms with Crippen molar-refractivity contribution in [3.8, 4) is 11.8 Å². The van der Waals surface area contributed by atoms with Gasteiger partial charge in [-0.1, -0.05) is 5.92 Å². The van der Waals surface area contributed by atoms with Gasteiger partial charge in [0.25, 0.3) is 5.91 Å². The molecule has 0 saturated heterocycles. The van der Waals surface area contributed by atoms with Crippen LogP contribution in [0.15, 0.2) is 42.6 Å². The first-order valence-electron chi connectivity index (χ1n) is 8.98. The number of carbonyl (C=O) groups is 1. The maximum absolute atomic E-state index is 12.4. The number of carbonyl (C=O) groups excluding carboxylic acids is 1. The third-order valence-corrected chi connectivity index (χ3v) is 3.85. The minimum absolute atomic E-state index is 0.0744. The fourth-order valence-corrected chi connectivity index (χ4v) is 2.40. The fraction of sp³-hybridized carbons (Fsp3) is 0.364. The molecule has 1 aromatic heterocycles. The van der Waals surface area contributed by atoms with Crippen LogP contribution in [0.4, 0.5) is 11.4 Å². The Kier molecular flexibility index (Phi) is 6.41. The molecule has 0 unspecified atom stereocenters. The van der Waals surface area contributed by atoms with Gasteiger partial charge in [0.05, 0.1) is 5.56 Å². The molecule has 0 fully saturated rings. The zero-order valence-corrected chi connectivity index (χ0v) is 16.3. The lowest BCUT2D eigenvalue weighted by Gasteiger charge is -2.21.